The second-order valence-corrected chi connectivity index (χ2v) is 6.70. The minimum Gasteiger partial charge on any atom is -0.453 e. The molecule has 1 aromatic heterocycles. The van der Waals surface area contributed by atoms with E-state index in [0.717, 1.165) is 11.1 Å². The van der Waals surface area contributed by atoms with E-state index >= 15 is 0 Å². The zero-order valence-electron chi connectivity index (χ0n) is 12.3. The third kappa shape index (κ3) is 3.48. The maximum Gasteiger partial charge on any atom is 0.303 e. The Morgan fingerprint density at radius 3 is 2.20 bits per heavy atom. The van der Waals surface area contributed by atoms with Gasteiger partial charge in [-0.15, -0.1) is 0 Å². The molecule has 0 aliphatic heterocycles. The van der Waals surface area contributed by atoms with E-state index in [1.807, 2.05) is 29.0 Å². The Bertz CT molecular complexity index is 562. The molecule has 2 rings (SSSR count). The van der Waals surface area contributed by atoms with Gasteiger partial charge in [0.1, 0.15) is 0 Å². The van der Waals surface area contributed by atoms with Crippen molar-refractivity contribution in [2.45, 2.75) is 39.2 Å². The average molecular weight is 288 g/mol. The largest absolute Gasteiger partial charge is 0.453 e. The van der Waals surface area contributed by atoms with Gasteiger partial charge < -0.3 is 4.74 Å². The van der Waals surface area contributed by atoms with Gasteiger partial charge in [0, 0.05) is 12.5 Å². The molecule has 3 heteroatoms. The first-order valence-corrected chi connectivity index (χ1v) is 7.62. The molecule has 2 nitrogen and oxygen atoms in total. The highest BCUT2D eigenvalue weighted by Crippen LogP contribution is 2.30. The molecule has 0 radical (unpaired) electrons. The summed E-state index contributed by atoms with van der Waals surface area (Å²) in [6.45, 7) is 8.00. The van der Waals surface area contributed by atoms with Crippen molar-refractivity contribution in [2.75, 3.05) is 0 Å². The van der Waals surface area contributed by atoms with Crippen LogP contribution in [-0.4, -0.2) is 5.97 Å². The summed E-state index contributed by atoms with van der Waals surface area (Å²) < 4.78 is 5.47. The summed E-state index contributed by atoms with van der Waals surface area (Å²) in [7, 11) is 0. The second-order valence-electron chi connectivity index (χ2n) is 5.92. The average Bonchev–Trinajstić information content (AvgIpc) is 2.88. The van der Waals surface area contributed by atoms with E-state index in [0.29, 0.717) is 0 Å². The third-order valence-corrected chi connectivity index (χ3v) is 3.91. The van der Waals surface area contributed by atoms with Gasteiger partial charge in [0.15, 0.2) is 6.10 Å². The van der Waals surface area contributed by atoms with E-state index in [2.05, 4.69) is 32.9 Å². The standard InChI is InChI=1S/C17H20O2S/c1-12(18)19-16(14-9-10-20-11-14)13-5-7-15(8-6-13)17(2,3)4/h5-11,16H,1-4H3/t16-/m0/s1. The summed E-state index contributed by atoms with van der Waals surface area (Å²) in [5.41, 5.74) is 3.42. The van der Waals surface area contributed by atoms with Crippen LogP contribution in [0.1, 0.15) is 50.5 Å². The number of thiophene rings is 1. The number of carbonyl (C=O) groups is 1. The number of benzene rings is 1. The molecule has 0 N–H and O–H groups in total. The Kier molecular flexibility index (Phi) is 4.29. The molecule has 1 heterocycles. The van der Waals surface area contributed by atoms with Gasteiger partial charge in [0.25, 0.3) is 0 Å². The van der Waals surface area contributed by atoms with E-state index in [9.17, 15) is 4.79 Å². The number of hydrogen-bond acceptors (Lipinski definition) is 3. The molecule has 0 unspecified atom stereocenters. The van der Waals surface area contributed by atoms with Crippen molar-refractivity contribution in [1.29, 1.82) is 0 Å². The number of hydrogen-bond donors (Lipinski definition) is 0. The molecule has 0 aliphatic carbocycles. The third-order valence-electron chi connectivity index (χ3n) is 3.21. The smallest absolute Gasteiger partial charge is 0.303 e. The van der Waals surface area contributed by atoms with Crippen LogP contribution < -0.4 is 0 Å². The van der Waals surface area contributed by atoms with Crippen LogP contribution in [0.5, 0.6) is 0 Å². The molecular weight excluding hydrogens is 268 g/mol. The fraction of sp³-hybridized carbons (Fsp3) is 0.353. The maximum absolute atomic E-state index is 11.3. The fourth-order valence-corrected chi connectivity index (χ4v) is 2.75. The minimum absolute atomic E-state index is 0.123. The van der Waals surface area contributed by atoms with Crippen LogP contribution >= 0.6 is 11.3 Å². The van der Waals surface area contributed by atoms with E-state index < -0.39 is 0 Å². The van der Waals surface area contributed by atoms with Gasteiger partial charge in [0.2, 0.25) is 0 Å². The first-order valence-electron chi connectivity index (χ1n) is 6.67. The fourth-order valence-electron chi connectivity index (χ4n) is 2.08. The predicted molar refractivity (Wildman–Crippen MR) is 83.1 cm³/mol. The van der Waals surface area contributed by atoms with Gasteiger partial charge in [-0.3, -0.25) is 4.79 Å². The lowest BCUT2D eigenvalue weighted by Gasteiger charge is -2.21. The molecule has 0 bridgehead atoms. The molecule has 106 valence electrons. The second kappa shape index (κ2) is 5.80. The zero-order chi connectivity index (χ0) is 14.8. The molecule has 0 saturated heterocycles. The molecule has 0 amide bonds. The number of carbonyl (C=O) groups excluding carboxylic acids is 1. The van der Waals surface area contributed by atoms with Crippen LogP contribution in [0.15, 0.2) is 41.1 Å². The monoisotopic (exact) mass is 288 g/mol. The van der Waals surface area contributed by atoms with Gasteiger partial charge in [-0.1, -0.05) is 45.0 Å². The van der Waals surface area contributed by atoms with Gasteiger partial charge in [0.05, 0.1) is 0 Å². The van der Waals surface area contributed by atoms with Gasteiger partial charge in [-0.2, -0.15) is 11.3 Å². The van der Waals surface area contributed by atoms with Crippen molar-refractivity contribution in [2.24, 2.45) is 0 Å². The van der Waals surface area contributed by atoms with Crippen molar-refractivity contribution >= 4 is 17.3 Å². The molecule has 20 heavy (non-hydrogen) atoms. The van der Waals surface area contributed by atoms with E-state index in [4.69, 9.17) is 4.74 Å². The van der Waals surface area contributed by atoms with Crippen molar-refractivity contribution in [3.8, 4) is 0 Å². The number of rotatable bonds is 3. The van der Waals surface area contributed by atoms with Crippen LogP contribution in [0.4, 0.5) is 0 Å². The lowest BCUT2D eigenvalue weighted by Crippen LogP contribution is -2.12. The van der Waals surface area contributed by atoms with E-state index in [-0.39, 0.29) is 17.5 Å². The molecule has 0 fully saturated rings. The molecule has 1 atom stereocenters. The highest BCUT2D eigenvalue weighted by molar-refractivity contribution is 7.08. The van der Waals surface area contributed by atoms with Crippen molar-refractivity contribution < 1.29 is 9.53 Å². The Balaban J connectivity index is 2.32. The Hall–Kier alpha value is -1.61. The van der Waals surface area contributed by atoms with E-state index in [1.165, 1.54) is 12.5 Å². The Labute approximate surface area is 124 Å². The van der Waals surface area contributed by atoms with Gasteiger partial charge >= 0.3 is 5.97 Å². The quantitative estimate of drug-likeness (QED) is 0.765. The van der Waals surface area contributed by atoms with Gasteiger partial charge in [-0.25, -0.2) is 0 Å². The van der Waals surface area contributed by atoms with Crippen molar-refractivity contribution in [1.82, 2.24) is 0 Å². The Morgan fingerprint density at radius 2 is 1.75 bits per heavy atom. The first-order chi connectivity index (χ1) is 9.38. The van der Waals surface area contributed by atoms with Gasteiger partial charge in [-0.05, 0) is 33.4 Å². The highest BCUT2D eigenvalue weighted by atomic mass is 32.1. The zero-order valence-corrected chi connectivity index (χ0v) is 13.2. The maximum atomic E-state index is 11.3. The summed E-state index contributed by atoms with van der Waals surface area (Å²) in [6.07, 6.45) is -0.312. The number of esters is 1. The van der Waals surface area contributed by atoms with Crippen LogP contribution in [0.25, 0.3) is 0 Å². The van der Waals surface area contributed by atoms with Crippen molar-refractivity contribution in [3.63, 3.8) is 0 Å². The topological polar surface area (TPSA) is 26.3 Å². The lowest BCUT2D eigenvalue weighted by atomic mass is 9.86. The molecule has 0 saturated carbocycles. The summed E-state index contributed by atoms with van der Waals surface area (Å²) in [6, 6.07) is 10.3. The summed E-state index contributed by atoms with van der Waals surface area (Å²) >= 11 is 1.61. The Morgan fingerprint density at radius 1 is 1.10 bits per heavy atom. The molecule has 0 aliphatic rings. The normalized spacial score (nSPS) is 13.0. The van der Waals surface area contributed by atoms with Crippen LogP contribution in [0.3, 0.4) is 0 Å². The summed E-state index contributed by atoms with van der Waals surface area (Å²) in [5, 5.41) is 4.01. The van der Waals surface area contributed by atoms with Crippen LogP contribution in [0, 0.1) is 0 Å². The SMILES string of the molecule is CC(=O)O[C@@H](c1ccc(C(C)(C)C)cc1)c1ccsc1. The van der Waals surface area contributed by atoms with Crippen LogP contribution in [0.2, 0.25) is 0 Å². The van der Waals surface area contributed by atoms with Crippen molar-refractivity contribution in [3.05, 3.63) is 57.8 Å². The minimum atomic E-state index is -0.312. The number of ether oxygens (including phenoxy) is 1. The summed E-state index contributed by atoms with van der Waals surface area (Å²) in [5.74, 6) is -0.263. The molecule has 2 aromatic rings. The summed E-state index contributed by atoms with van der Waals surface area (Å²) in [4.78, 5) is 11.3. The van der Waals surface area contributed by atoms with E-state index in [1.54, 1.807) is 11.3 Å². The molecule has 0 spiro atoms. The lowest BCUT2D eigenvalue weighted by molar-refractivity contribution is -0.144. The molecular formula is C17H20O2S. The first kappa shape index (κ1) is 14.8. The molecule has 1 aromatic carbocycles. The highest BCUT2D eigenvalue weighted by Gasteiger charge is 2.19. The predicted octanol–water partition coefficient (Wildman–Crippen LogP) is 4.70. The van der Waals surface area contributed by atoms with Crippen LogP contribution in [-0.2, 0) is 14.9 Å².